The van der Waals surface area contributed by atoms with Crippen molar-refractivity contribution in [3.05, 3.63) is 27.7 Å². The molecule has 0 spiro atoms. The van der Waals surface area contributed by atoms with Gasteiger partial charge < -0.3 is 5.73 Å². The minimum atomic E-state index is -0.336. The molecule has 0 amide bonds. The van der Waals surface area contributed by atoms with E-state index < -0.39 is 0 Å². The smallest absolute Gasteiger partial charge is 0.274 e. The topological polar surface area (TPSA) is 71.8 Å². The summed E-state index contributed by atoms with van der Waals surface area (Å²) in [5.41, 5.74) is 6.14. The van der Waals surface area contributed by atoms with Crippen LogP contribution in [0.25, 0.3) is 0 Å². The number of nitrogens with two attached hydrogens (primary N) is 1. The predicted molar refractivity (Wildman–Crippen MR) is 54.8 cm³/mol. The van der Waals surface area contributed by atoms with Gasteiger partial charge >= 0.3 is 0 Å². The minimum Gasteiger partial charge on any atom is -0.389 e. The molecule has 1 rings (SSSR count). The molecule has 0 aliphatic rings. The van der Waals surface area contributed by atoms with Crippen LogP contribution in [0.2, 0.25) is 0 Å². The van der Waals surface area contributed by atoms with Crippen LogP contribution in [0.1, 0.15) is 31.0 Å². The van der Waals surface area contributed by atoms with Gasteiger partial charge in [0.15, 0.2) is 0 Å². The number of hydrogen-bond donors (Lipinski definition) is 2. The van der Waals surface area contributed by atoms with Crippen LogP contribution in [0.15, 0.2) is 10.9 Å². The fraction of sp³-hybridized carbons (Fsp3) is 0.375. The monoisotopic (exact) mass is 197 g/mol. The number of hydrogen-bond acceptors (Lipinski definition) is 3. The number of aromatic amines is 1. The number of thiocarbonyl (C=S) groups is 1. The molecule has 1 aromatic heterocycles. The second-order valence-electron chi connectivity index (χ2n) is 3.05. The number of nitrogens with one attached hydrogen (secondary N) is 1. The van der Waals surface area contributed by atoms with Crippen molar-refractivity contribution in [1.29, 1.82) is 0 Å². The minimum absolute atomic E-state index is 0.102. The summed E-state index contributed by atoms with van der Waals surface area (Å²) in [4.78, 5) is 11.3. The lowest BCUT2D eigenvalue weighted by Crippen LogP contribution is -2.24. The summed E-state index contributed by atoms with van der Waals surface area (Å²) >= 11 is 4.73. The first-order valence-corrected chi connectivity index (χ1v) is 4.32. The predicted octanol–water partition coefficient (Wildman–Crippen LogP) is 0.528. The molecule has 0 aliphatic heterocycles. The van der Waals surface area contributed by atoms with Gasteiger partial charge in [0.2, 0.25) is 0 Å². The van der Waals surface area contributed by atoms with E-state index in [9.17, 15) is 4.79 Å². The lowest BCUT2D eigenvalue weighted by Gasteiger charge is -2.04. The number of rotatable bonds is 2. The third kappa shape index (κ3) is 2.12. The molecule has 0 saturated carbocycles. The maximum atomic E-state index is 11.1. The molecule has 1 heterocycles. The van der Waals surface area contributed by atoms with Crippen molar-refractivity contribution in [2.24, 2.45) is 5.73 Å². The normalized spacial score (nSPS) is 10.4. The second kappa shape index (κ2) is 3.66. The van der Waals surface area contributed by atoms with E-state index in [0.29, 0.717) is 5.56 Å². The summed E-state index contributed by atoms with van der Waals surface area (Å²) in [6.07, 6.45) is 0. The molecule has 0 saturated heterocycles. The third-order valence-electron chi connectivity index (χ3n) is 1.68. The Morgan fingerprint density at radius 1 is 1.69 bits per heavy atom. The van der Waals surface area contributed by atoms with E-state index in [-0.39, 0.29) is 16.5 Å². The summed E-state index contributed by atoms with van der Waals surface area (Å²) in [5.74, 6) is 0.241. The van der Waals surface area contributed by atoms with Crippen LogP contribution in [-0.2, 0) is 0 Å². The Bertz CT molecular complexity index is 383. The Hall–Kier alpha value is -1.23. The van der Waals surface area contributed by atoms with Crippen LogP contribution in [0, 0.1) is 0 Å². The largest absolute Gasteiger partial charge is 0.389 e. The molecule has 0 bridgehead atoms. The highest BCUT2D eigenvalue weighted by atomic mass is 32.1. The van der Waals surface area contributed by atoms with Crippen LogP contribution in [0.4, 0.5) is 0 Å². The number of nitrogens with zero attached hydrogens (tertiary/aromatic N) is 1. The average Bonchev–Trinajstić information content (AvgIpc) is 2.04. The molecule has 0 radical (unpaired) electrons. The Morgan fingerprint density at radius 3 is 2.77 bits per heavy atom. The molecule has 70 valence electrons. The number of H-pyrrole nitrogens is 1. The van der Waals surface area contributed by atoms with Crippen molar-refractivity contribution in [2.75, 3.05) is 0 Å². The first-order chi connectivity index (χ1) is 6.02. The van der Waals surface area contributed by atoms with Crippen LogP contribution < -0.4 is 11.3 Å². The first kappa shape index (κ1) is 9.85. The molecule has 13 heavy (non-hydrogen) atoms. The zero-order chi connectivity index (χ0) is 10.0. The summed E-state index contributed by atoms with van der Waals surface area (Å²) in [6, 6.07) is 1.63. The Balaban J connectivity index is 3.27. The summed E-state index contributed by atoms with van der Waals surface area (Å²) in [6.45, 7) is 3.95. The van der Waals surface area contributed by atoms with Gasteiger partial charge in [-0.05, 0) is 12.0 Å². The fourth-order valence-corrected chi connectivity index (χ4v) is 1.05. The number of aromatic nitrogens is 2. The van der Waals surface area contributed by atoms with Gasteiger partial charge in [-0.25, -0.2) is 5.10 Å². The van der Waals surface area contributed by atoms with Gasteiger partial charge in [0, 0.05) is 0 Å². The van der Waals surface area contributed by atoms with E-state index in [2.05, 4.69) is 10.2 Å². The average molecular weight is 197 g/mol. The van der Waals surface area contributed by atoms with Gasteiger partial charge in [0.1, 0.15) is 4.99 Å². The quantitative estimate of drug-likeness (QED) is 0.678. The van der Waals surface area contributed by atoms with E-state index in [0.717, 1.165) is 5.69 Å². The Labute approximate surface area is 81.2 Å². The van der Waals surface area contributed by atoms with Gasteiger partial charge in [-0.2, -0.15) is 5.10 Å². The highest BCUT2D eigenvalue weighted by molar-refractivity contribution is 7.80. The molecular formula is C8H11N3OS. The van der Waals surface area contributed by atoms with E-state index >= 15 is 0 Å². The maximum absolute atomic E-state index is 11.1. The van der Waals surface area contributed by atoms with Crippen molar-refractivity contribution in [3.8, 4) is 0 Å². The molecular weight excluding hydrogens is 186 g/mol. The second-order valence-corrected chi connectivity index (χ2v) is 3.49. The SMILES string of the molecule is CC(C)c1cc(C(N)=S)c(=O)[nH]n1. The zero-order valence-corrected chi connectivity index (χ0v) is 8.31. The van der Waals surface area contributed by atoms with Crippen molar-refractivity contribution in [3.63, 3.8) is 0 Å². The third-order valence-corrected chi connectivity index (χ3v) is 1.90. The van der Waals surface area contributed by atoms with Crippen LogP contribution in [0.3, 0.4) is 0 Å². The standard InChI is InChI=1S/C8H11N3OS/c1-4(2)6-3-5(7(9)13)8(12)11-10-6/h3-4H,1-2H3,(H2,9,13)(H,11,12). The molecule has 0 atom stereocenters. The maximum Gasteiger partial charge on any atom is 0.274 e. The van der Waals surface area contributed by atoms with Crippen LogP contribution in [0.5, 0.6) is 0 Å². The van der Waals surface area contributed by atoms with E-state index in [1.165, 1.54) is 0 Å². The fourth-order valence-electron chi connectivity index (χ4n) is 0.900. The van der Waals surface area contributed by atoms with Crippen molar-refractivity contribution in [1.82, 2.24) is 10.2 Å². The molecule has 0 aliphatic carbocycles. The van der Waals surface area contributed by atoms with Gasteiger partial charge in [0.25, 0.3) is 5.56 Å². The summed E-state index contributed by atoms with van der Waals surface area (Å²) in [5, 5.41) is 6.23. The summed E-state index contributed by atoms with van der Waals surface area (Å²) in [7, 11) is 0. The van der Waals surface area contributed by atoms with Crippen molar-refractivity contribution in [2.45, 2.75) is 19.8 Å². The molecule has 0 fully saturated rings. The molecule has 1 aromatic rings. The molecule has 0 unspecified atom stereocenters. The molecule has 0 aromatic carbocycles. The highest BCUT2D eigenvalue weighted by Gasteiger charge is 2.07. The van der Waals surface area contributed by atoms with Gasteiger partial charge in [-0.15, -0.1) is 0 Å². The van der Waals surface area contributed by atoms with Crippen LogP contribution >= 0.6 is 12.2 Å². The molecule has 5 heteroatoms. The first-order valence-electron chi connectivity index (χ1n) is 3.91. The lowest BCUT2D eigenvalue weighted by molar-refractivity contribution is 0.776. The molecule has 4 nitrogen and oxygen atoms in total. The van der Waals surface area contributed by atoms with Gasteiger partial charge in [-0.3, -0.25) is 4.79 Å². The Morgan fingerprint density at radius 2 is 2.31 bits per heavy atom. The lowest BCUT2D eigenvalue weighted by atomic mass is 10.1. The van der Waals surface area contributed by atoms with E-state index in [1.54, 1.807) is 6.07 Å². The van der Waals surface area contributed by atoms with Gasteiger partial charge in [0.05, 0.1) is 11.3 Å². The van der Waals surface area contributed by atoms with Gasteiger partial charge in [-0.1, -0.05) is 26.1 Å². The molecule has 3 N–H and O–H groups in total. The van der Waals surface area contributed by atoms with Crippen molar-refractivity contribution >= 4 is 17.2 Å². The zero-order valence-electron chi connectivity index (χ0n) is 7.50. The highest BCUT2D eigenvalue weighted by Crippen LogP contribution is 2.09. The van der Waals surface area contributed by atoms with Crippen LogP contribution in [-0.4, -0.2) is 15.2 Å². The van der Waals surface area contributed by atoms with Crippen molar-refractivity contribution < 1.29 is 0 Å². The Kier molecular flexibility index (Phi) is 2.77. The van der Waals surface area contributed by atoms with E-state index in [1.807, 2.05) is 13.8 Å². The van der Waals surface area contributed by atoms with E-state index in [4.69, 9.17) is 18.0 Å². The summed E-state index contributed by atoms with van der Waals surface area (Å²) < 4.78 is 0.